The third-order valence-corrected chi connectivity index (χ3v) is 6.91. The monoisotopic (exact) mass is 419 g/mol. The third kappa shape index (κ3) is 8.07. The summed E-state index contributed by atoms with van der Waals surface area (Å²) < 4.78 is 15.5. The second kappa shape index (κ2) is 10.1. The molecule has 10 heteroatoms. The topological polar surface area (TPSA) is 135 Å². The number of esters is 1. The van der Waals surface area contributed by atoms with E-state index in [0.717, 1.165) is 12.5 Å². The first-order valence-corrected chi connectivity index (χ1v) is 12.8. The second-order valence-electron chi connectivity index (χ2n) is 8.61. The van der Waals surface area contributed by atoms with Crippen molar-refractivity contribution in [2.75, 3.05) is 19.4 Å². The van der Waals surface area contributed by atoms with Gasteiger partial charge in [-0.15, -0.1) is 0 Å². The molecule has 2 atom stereocenters. The highest BCUT2D eigenvalue weighted by Gasteiger charge is 2.40. The van der Waals surface area contributed by atoms with Gasteiger partial charge >= 0.3 is 12.1 Å². The fourth-order valence-corrected chi connectivity index (χ4v) is 4.57. The fourth-order valence-electron chi connectivity index (χ4n) is 2.56. The molecule has 1 amide bonds. The van der Waals surface area contributed by atoms with Crippen LogP contribution in [0.25, 0.3) is 0 Å². The molecule has 0 unspecified atom stereocenters. The van der Waals surface area contributed by atoms with Crippen LogP contribution >= 0.6 is 0 Å². The molecule has 1 heterocycles. The van der Waals surface area contributed by atoms with Gasteiger partial charge in [0.25, 0.3) is 0 Å². The fraction of sp³-hybridized carbons (Fsp3) is 0.778. The molecule has 28 heavy (non-hydrogen) atoms. The van der Waals surface area contributed by atoms with Gasteiger partial charge in [-0.3, -0.25) is 0 Å². The molecule has 0 saturated heterocycles. The largest absolute Gasteiger partial charge is 0.499 e. The van der Waals surface area contributed by atoms with Crippen molar-refractivity contribution >= 4 is 20.1 Å². The molecule has 0 radical (unpaired) electrons. The van der Waals surface area contributed by atoms with Crippen LogP contribution in [0.15, 0.2) is 11.5 Å². The van der Waals surface area contributed by atoms with E-state index in [1.165, 1.54) is 0 Å². The van der Waals surface area contributed by atoms with Crippen molar-refractivity contribution in [3.05, 3.63) is 11.5 Å². The second-order valence-corrected chi connectivity index (χ2v) is 13.8. The summed E-state index contributed by atoms with van der Waals surface area (Å²) in [7, 11) is -1.67. The van der Waals surface area contributed by atoms with Crippen molar-refractivity contribution in [3.63, 3.8) is 0 Å². The van der Waals surface area contributed by atoms with Gasteiger partial charge in [0.2, 0.25) is 5.76 Å². The molecule has 0 aromatic carbocycles. The summed E-state index contributed by atoms with van der Waals surface area (Å²) in [6, 6.07) is 0.940. The van der Waals surface area contributed by atoms with E-state index < -0.39 is 50.3 Å². The average molecular weight is 420 g/mol. The van der Waals surface area contributed by atoms with Crippen molar-refractivity contribution in [2.24, 2.45) is 0 Å². The molecule has 1 rings (SSSR count). The summed E-state index contributed by atoms with van der Waals surface area (Å²) in [5.74, 6) is -1.79. The number of cyclic esters (lactones) is 1. The Morgan fingerprint density at radius 3 is 2.54 bits per heavy atom. The maximum absolute atomic E-state index is 11.8. The smallest absolute Gasteiger partial charge is 0.407 e. The zero-order valence-electron chi connectivity index (χ0n) is 17.3. The maximum Gasteiger partial charge on any atom is 0.407 e. The first-order chi connectivity index (χ1) is 12.9. The number of unbranched alkanes of at least 4 members (excludes halogenated alkanes) is 1. The summed E-state index contributed by atoms with van der Waals surface area (Å²) in [6.45, 7) is 9.38. The Balaban J connectivity index is 2.35. The molecular weight excluding hydrogens is 386 g/mol. The van der Waals surface area contributed by atoms with E-state index in [4.69, 9.17) is 19.3 Å². The summed E-state index contributed by atoms with van der Waals surface area (Å²) in [5, 5.41) is 31.2. The quantitative estimate of drug-likeness (QED) is 0.238. The number of rotatable bonds is 10. The molecule has 9 nitrogen and oxygen atoms in total. The van der Waals surface area contributed by atoms with E-state index in [2.05, 4.69) is 18.4 Å². The Bertz CT molecular complexity index is 585. The molecule has 0 bridgehead atoms. The van der Waals surface area contributed by atoms with Gasteiger partial charge in [-0.25, -0.2) is 9.59 Å². The maximum atomic E-state index is 11.8. The highest BCUT2D eigenvalue weighted by atomic mass is 28.3. The zero-order chi connectivity index (χ0) is 21.5. The Hall–Kier alpha value is -1.78. The van der Waals surface area contributed by atoms with E-state index in [9.17, 15) is 19.8 Å². The summed E-state index contributed by atoms with van der Waals surface area (Å²) in [5.41, 5.74) is -0.528. The predicted octanol–water partition coefficient (Wildman–Crippen LogP) is 1.60. The third-order valence-electron chi connectivity index (χ3n) is 4.07. The molecule has 0 saturated carbocycles. The van der Waals surface area contributed by atoms with Crippen molar-refractivity contribution in [2.45, 2.75) is 70.6 Å². The van der Waals surface area contributed by atoms with Crippen LogP contribution in [0.5, 0.6) is 0 Å². The van der Waals surface area contributed by atoms with Crippen LogP contribution in [0, 0.1) is 0 Å². The number of alkyl carbamates (subject to hydrolysis) is 1. The van der Waals surface area contributed by atoms with Gasteiger partial charge in [0, 0.05) is 6.17 Å². The Morgan fingerprint density at radius 2 is 1.96 bits per heavy atom. The van der Waals surface area contributed by atoms with Crippen LogP contribution in [0.3, 0.4) is 0 Å². The first kappa shape index (κ1) is 24.3. The van der Waals surface area contributed by atoms with Crippen molar-refractivity contribution < 1.29 is 39.1 Å². The molecule has 0 aliphatic carbocycles. The molecule has 0 spiro atoms. The summed E-state index contributed by atoms with van der Waals surface area (Å²) >= 11 is 0. The molecular formula is C18H33NO8Si. The van der Waals surface area contributed by atoms with Crippen LogP contribution in [0.4, 0.5) is 4.79 Å². The van der Waals surface area contributed by atoms with Crippen LogP contribution in [-0.4, -0.2) is 72.6 Å². The summed E-state index contributed by atoms with van der Waals surface area (Å²) in [4.78, 5) is 23.2. The lowest BCUT2D eigenvalue weighted by Gasteiger charge is -2.25. The number of aliphatic hydroxyl groups is 3. The summed E-state index contributed by atoms with van der Waals surface area (Å²) in [6.07, 6.45) is -0.864. The van der Waals surface area contributed by atoms with E-state index in [1.54, 1.807) is 0 Å². The van der Waals surface area contributed by atoms with E-state index in [0.29, 0.717) is 12.6 Å². The number of hydrogen-bond acceptors (Lipinski definition) is 8. The number of ether oxygens (including phenoxy) is 3. The van der Waals surface area contributed by atoms with Crippen LogP contribution in [0.2, 0.25) is 19.1 Å². The van der Waals surface area contributed by atoms with Gasteiger partial charge in [0.05, 0.1) is 21.3 Å². The Morgan fingerprint density at radius 1 is 1.32 bits per heavy atom. The number of aliphatic hydroxyl groups excluding tert-OH is 3. The number of nitrogens with one attached hydrogen (secondary N) is 1. The Labute approximate surface area is 166 Å². The van der Waals surface area contributed by atoms with Gasteiger partial charge in [0.1, 0.15) is 11.7 Å². The average Bonchev–Trinajstić information content (AvgIpc) is 2.86. The van der Waals surface area contributed by atoms with Crippen molar-refractivity contribution in [3.8, 4) is 0 Å². The predicted molar refractivity (Wildman–Crippen MR) is 104 cm³/mol. The molecule has 0 aromatic rings. The molecule has 4 N–H and O–H groups in total. The van der Waals surface area contributed by atoms with Crippen LogP contribution in [0.1, 0.15) is 33.6 Å². The van der Waals surface area contributed by atoms with Crippen LogP contribution < -0.4 is 5.32 Å². The van der Waals surface area contributed by atoms with Crippen molar-refractivity contribution in [1.29, 1.82) is 0 Å². The standard InChI is InChI=1S/C18H33NO8Si/c1-18(2,3)27-17(24)19-11-28(4,5)9-7-6-8-25-15-13(22)16(23)26-14(15)12(21)10-20/h12,14,20-22H,6-11H2,1-5H3,(H,19,24)/t12-,14+/m0/s1. The lowest BCUT2D eigenvalue weighted by atomic mass is 10.2. The lowest BCUT2D eigenvalue weighted by Crippen LogP contribution is -2.44. The number of amides is 1. The minimum Gasteiger partial charge on any atom is -0.499 e. The van der Waals surface area contributed by atoms with Gasteiger partial charge in [-0.2, -0.15) is 0 Å². The van der Waals surface area contributed by atoms with Gasteiger partial charge in [-0.1, -0.05) is 25.6 Å². The minimum atomic E-state index is -1.67. The highest BCUT2D eigenvalue weighted by Crippen LogP contribution is 2.25. The van der Waals surface area contributed by atoms with Gasteiger partial charge < -0.3 is 34.8 Å². The molecule has 0 fully saturated rings. The number of hydrogen-bond donors (Lipinski definition) is 4. The SMILES string of the molecule is CC(C)(C)OC(=O)NC[Si](C)(C)CCCCOC1=C(O)C(=O)O[C@@H]1[C@@H](O)CO. The zero-order valence-corrected chi connectivity index (χ0v) is 18.3. The van der Waals surface area contributed by atoms with E-state index in [-0.39, 0.29) is 12.4 Å². The first-order valence-electron chi connectivity index (χ1n) is 9.39. The molecule has 1 aliphatic rings. The Kier molecular flexibility index (Phi) is 8.77. The number of carbonyl (C=O) groups is 2. The normalized spacial score (nSPS) is 18.7. The number of carbonyl (C=O) groups excluding carboxylic acids is 2. The lowest BCUT2D eigenvalue weighted by molar-refractivity contribution is -0.148. The highest BCUT2D eigenvalue weighted by molar-refractivity contribution is 6.77. The molecule has 162 valence electrons. The molecule has 0 aromatic heterocycles. The van der Waals surface area contributed by atoms with Gasteiger partial charge in [0.15, 0.2) is 11.9 Å². The van der Waals surface area contributed by atoms with Crippen molar-refractivity contribution in [1.82, 2.24) is 5.32 Å². The minimum absolute atomic E-state index is 0.144. The van der Waals surface area contributed by atoms with Crippen LogP contribution in [-0.2, 0) is 19.0 Å². The van der Waals surface area contributed by atoms with E-state index in [1.807, 2.05) is 20.8 Å². The van der Waals surface area contributed by atoms with Gasteiger partial charge in [-0.05, 0) is 27.2 Å². The molecule has 1 aliphatic heterocycles. The van der Waals surface area contributed by atoms with E-state index >= 15 is 0 Å².